The zero-order valence-electron chi connectivity index (χ0n) is 9.64. The van der Waals surface area contributed by atoms with Crippen LogP contribution in [-0.4, -0.2) is 20.4 Å². The Morgan fingerprint density at radius 3 is 2.67 bits per heavy atom. The number of carbonyl (C=O) groups is 1. The third-order valence-corrected chi connectivity index (χ3v) is 4.64. The number of sulfonamides is 1. The van der Waals surface area contributed by atoms with Gasteiger partial charge in [-0.3, -0.25) is 4.79 Å². The molecule has 0 bridgehead atoms. The smallest absolute Gasteiger partial charge is 0.287 e. The largest absolute Gasteiger partial charge is 0.443 e. The minimum atomic E-state index is -3.90. The first kappa shape index (κ1) is 13.6. The second-order valence-electron chi connectivity index (χ2n) is 4.39. The number of nitrogens with one attached hydrogen (secondary N) is 1. The molecule has 0 radical (unpaired) electrons. The van der Waals surface area contributed by atoms with Gasteiger partial charge in [0.2, 0.25) is 10.0 Å². The maximum atomic E-state index is 11.8. The fraction of sp³-hybridized carbons (Fsp3) is 0.500. The highest BCUT2D eigenvalue weighted by Crippen LogP contribution is 2.32. The first-order valence-electron chi connectivity index (χ1n) is 5.42. The zero-order chi connectivity index (χ0) is 13.5. The summed E-state index contributed by atoms with van der Waals surface area (Å²) in [5, 5.41) is 7.74. The van der Waals surface area contributed by atoms with Gasteiger partial charge in [-0.05, 0) is 41.6 Å². The van der Waals surface area contributed by atoms with Crippen LogP contribution in [0.5, 0.6) is 0 Å². The lowest BCUT2D eigenvalue weighted by Crippen LogP contribution is -2.33. The van der Waals surface area contributed by atoms with Crippen molar-refractivity contribution in [3.05, 3.63) is 16.5 Å². The lowest BCUT2D eigenvalue weighted by Gasteiger charge is -2.10. The molecule has 1 aliphatic carbocycles. The Balaban J connectivity index is 2.16. The topological polar surface area (TPSA) is 102 Å². The maximum absolute atomic E-state index is 11.8. The Hall–Kier alpha value is -0.860. The Kier molecular flexibility index (Phi) is 3.52. The summed E-state index contributed by atoms with van der Waals surface area (Å²) in [7, 11) is -3.90. The van der Waals surface area contributed by atoms with Gasteiger partial charge in [0.05, 0.1) is 0 Å². The molecular weight excluding hydrogens is 324 g/mol. The third kappa shape index (κ3) is 2.93. The van der Waals surface area contributed by atoms with Crippen LogP contribution in [0.25, 0.3) is 0 Å². The average molecular weight is 337 g/mol. The van der Waals surface area contributed by atoms with E-state index in [-0.39, 0.29) is 21.4 Å². The van der Waals surface area contributed by atoms with Gasteiger partial charge >= 0.3 is 0 Å². The molecule has 0 aromatic carbocycles. The van der Waals surface area contributed by atoms with Crippen molar-refractivity contribution in [1.29, 1.82) is 0 Å². The number of furan rings is 1. The highest BCUT2D eigenvalue weighted by Gasteiger charge is 2.30. The molecule has 1 amide bonds. The van der Waals surface area contributed by atoms with Gasteiger partial charge in [-0.1, -0.05) is 0 Å². The molecule has 18 heavy (non-hydrogen) atoms. The predicted molar refractivity (Wildman–Crippen MR) is 67.4 cm³/mol. The quantitative estimate of drug-likeness (QED) is 0.862. The first-order chi connectivity index (χ1) is 8.29. The molecule has 2 rings (SSSR count). The van der Waals surface area contributed by atoms with Gasteiger partial charge in [-0.25, -0.2) is 13.6 Å². The summed E-state index contributed by atoms with van der Waals surface area (Å²) in [5.74, 6) is -0.00605. The molecule has 1 fully saturated rings. The number of carbonyl (C=O) groups excluding carboxylic acids is 1. The molecular formula is C10H13BrN2O4S. The van der Waals surface area contributed by atoms with Gasteiger partial charge in [0, 0.05) is 12.1 Å². The molecule has 1 atom stereocenters. The monoisotopic (exact) mass is 336 g/mol. The van der Waals surface area contributed by atoms with Crippen molar-refractivity contribution in [1.82, 2.24) is 5.32 Å². The summed E-state index contributed by atoms with van der Waals surface area (Å²) in [6, 6.07) is 1.17. The van der Waals surface area contributed by atoms with Crippen molar-refractivity contribution in [3.63, 3.8) is 0 Å². The Labute approximate surface area is 113 Å². The van der Waals surface area contributed by atoms with Gasteiger partial charge in [0.25, 0.3) is 5.91 Å². The van der Waals surface area contributed by atoms with Crippen molar-refractivity contribution < 1.29 is 17.6 Å². The van der Waals surface area contributed by atoms with E-state index in [4.69, 9.17) is 9.56 Å². The first-order valence-corrected chi connectivity index (χ1v) is 7.76. The molecule has 100 valence electrons. The maximum Gasteiger partial charge on any atom is 0.287 e. The zero-order valence-corrected chi connectivity index (χ0v) is 12.0. The fourth-order valence-corrected chi connectivity index (χ4v) is 3.15. The van der Waals surface area contributed by atoms with E-state index >= 15 is 0 Å². The minimum absolute atomic E-state index is 0.0549. The number of rotatable bonds is 4. The van der Waals surface area contributed by atoms with Gasteiger partial charge in [-0.15, -0.1) is 0 Å². The number of amides is 1. The van der Waals surface area contributed by atoms with Crippen LogP contribution in [0.4, 0.5) is 0 Å². The highest BCUT2D eigenvalue weighted by molar-refractivity contribution is 9.10. The van der Waals surface area contributed by atoms with Gasteiger partial charge in [0.1, 0.15) is 4.90 Å². The summed E-state index contributed by atoms with van der Waals surface area (Å²) in [5.41, 5.74) is 0. The highest BCUT2D eigenvalue weighted by atomic mass is 79.9. The van der Waals surface area contributed by atoms with E-state index in [2.05, 4.69) is 21.2 Å². The molecule has 3 N–H and O–H groups in total. The number of nitrogens with two attached hydrogens (primary N) is 1. The molecule has 1 unspecified atom stereocenters. The SMILES string of the molecule is CC(NC(=O)c1cc(S(N)(=O)=O)c(Br)o1)C1CC1. The molecule has 8 heteroatoms. The third-order valence-electron chi connectivity index (χ3n) is 2.87. The van der Waals surface area contributed by atoms with Crippen LogP contribution in [0.3, 0.4) is 0 Å². The van der Waals surface area contributed by atoms with Crippen LogP contribution in [-0.2, 0) is 10.0 Å². The summed E-state index contributed by atoms with van der Waals surface area (Å²) in [6.45, 7) is 1.91. The molecule has 1 heterocycles. The fourth-order valence-electron chi connectivity index (χ4n) is 1.65. The molecule has 1 aliphatic rings. The summed E-state index contributed by atoms with van der Waals surface area (Å²) >= 11 is 2.92. The molecule has 6 nitrogen and oxygen atoms in total. The van der Waals surface area contributed by atoms with E-state index in [0.717, 1.165) is 18.9 Å². The minimum Gasteiger partial charge on any atom is -0.443 e. The van der Waals surface area contributed by atoms with Crippen LogP contribution in [0.1, 0.15) is 30.3 Å². The Morgan fingerprint density at radius 1 is 1.61 bits per heavy atom. The van der Waals surface area contributed by atoms with Gasteiger partial charge in [0.15, 0.2) is 10.4 Å². The molecule has 0 saturated heterocycles. The van der Waals surface area contributed by atoms with E-state index in [1.165, 1.54) is 0 Å². The molecule has 0 aliphatic heterocycles. The van der Waals surface area contributed by atoms with Gasteiger partial charge in [-0.2, -0.15) is 0 Å². The normalized spacial score (nSPS) is 17.5. The average Bonchev–Trinajstić information content (AvgIpc) is 3.00. The van der Waals surface area contributed by atoms with Crippen LogP contribution in [0.2, 0.25) is 0 Å². The van der Waals surface area contributed by atoms with Crippen LogP contribution >= 0.6 is 15.9 Å². The van der Waals surface area contributed by atoms with Crippen molar-refractivity contribution in [2.75, 3.05) is 0 Å². The predicted octanol–water partition coefficient (Wildman–Crippen LogP) is 1.22. The summed E-state index contributed by atoms with van der Waals surface area (Å²) in [4.78, 5) is 11.6. The molecule has 0 spiro atoms. The van der Waals surface area contributed by atoms with E-state index in [0.29, 0.717) is 5.92 Å². The van der Waals surface area contributed by atoms with Crippen molar-refractivity contribution in [2.45, 2.75) is 30.7 Å². The Bertz CT molecular complexity index is 577. The number of hydrogen-bond donors (Lipinski definition) is 2. The number of halogens is 1. The lowest BCUT2D eigenvalue weighted by molar-refractivity contribution is 0.0906. The van der Waals surface area contributed by atoms with Crippen LogP contribution in [0.15, 0.2) is 20.0 Å². The standard InChI is InChI=1S/C10H13BrN2O4S/c1-5(6-2-3-6)13-10(14)7-4-8(9(11)17-7)18(12,15)16/h4-6H,2-3H2,1H3,(H,13,14)(H2,12,15,16). The van der Waals surface area contributed by atoms with Crippen molar-refractivity contribution in [2.24, 2.45) is 11.1 Å². The Morgan fingerprint density at radius 2 is 2.22 bits per heavy atom. The van der Waals surface area contributed by atoms with E-state index in [9.17, 15) is 13.2 Å². The summed E-state index contributed by atoms with van der Waals surface area (Å²) in [6.07, 6.45) is 2.21. The molecule has 1 aromatic rings. The van der Waals surface area contributed by atoms with Gasteiger partial charge < -0.3 is 9.73 Å². The molecule has 1 saturated carbocycles. The van der Waals surface area contributed by atoms with E-state index < -0.39 is 15.9 Å². The number of hydrogen-bond acceptors (Lipinski definition) is 4. The van der Waals surface area contributed by atoms with Crippen molar-refractivity contribution >= 4 is 31.9 Å². The number of primary sulfonamides is 1. The molecule has 1 aromatic heterocycles. The van der Waals surface area contributed by atoms with Crippen LogP contribution in [0, 0.1) is 5.92 Å². The lowest BCUT2D eigenvalue weighted by atomic mass is 10.2. The second-order valence-corrected chi connectivity index (χ2v) is 6.64. The van der Waals surface area contributed by atoms with Crippen molar-refractivity contribution in [3.8, 4) is 0 Å². The van der Waals surface area contributed by atoms with E-state index in [1.54, 1.807) is 0 Å². The summed E-state index contributed by atoms with van der Waals surface area (Å²) < 4.78 is 27.4. The van der Waals surface area contributed by atoms with Crippen LogP contribution < -0.4 is 10.5 Å². The van der Waals surface area contributed by atoms with E-state index in [1.807, 2.05) is 6.92 Å². The second kappa shape index (κ2) is 4.67.